The fraction of sp³-hybridized carbons (Fsp3) is 0.130. The number of anilines is 1. The van der Waals surface area contributed by atoms with Crippen LogP contribution >= 0.6 is 0 Å². The molecule has 6 nitrogen and oxygen atoms in total. The molecule has 4 aromatic rings. The molecule has 0 spiro atoms. The minimum absolute atomic E-state index is 0.0784. The first-order valence-electron chi connectivity index (χ1n) is 9.36. The Labute approximate surface area is 168 Å². The molecule has 29 heavy (non-hydrogen) atoms. The predicted molar refractivity (Wildman–Crippen MR) is 112 cm³/mol. The molecule has 6 heteroatoms. The van der Waals surface area contributed by atoms with Gasteiger partial charge in [0.05, 0.1) is 18.8 Å². The van der Waals surface area contributed by atoms with Crippen LogP contribution in [0.25, 0.3) is 17.0 Å². The molecule has 0 aliphatic carbocycles. The summed E-state index contributed by atoms with van der Waals surface area (Å²) >= 11 is 0. The van der Waals surface area contributed by atoms with E-state index in [1.165, 1.54) is 0 Å². The van der Waals surface area contributed by atoms with Crippen LogP contribution < -0.4 is 9.64 Å². The molecule has 0 amide bonds. The number of H-pyrrole nitrogens is 1. The van der Waals surface area contributed by atoms with Gasteiger partial charge in [-0.05, 0) is 25.1 Å². The summed E-state index contributed by atoms with van der Waals surface area (Å²) in [6.07, 6.45) is 1.57. The van der Waals surface area contributed by atoms with Crippen LogP contribution in [0, 0.1) is 6.92 Å². The number of rotatable bonds is 4. The molecule has 0 bridgehead atoms. The number of hydrogen-bond acceptors (Lipinski definition) is 5. The number of para-hydroxylation sites is 1. The zero-order chi connectivity index (χ0) is 20.0. The fourth-order valence-electron chi connectivity index (χ4n) is 4.04. The quantitative estimate of drug-likeness (QED) is 0.538. The molecule has 0 fully saturated rings. The molecule has 1 unspecified atom stereocenters. The van der Waals surface area contributed by atoms with Crippen molar-refractivity contribution in [3.05, 3.63) is 90.0 Å². The van der Waals surface area contributed by atoms with Gasteiger partial charge in [-0.2, -0.15) is 5.10 Å². The van der Waals surface area contributed by atoms with E-state index in [4.69, 9.17) is 9.26 Å². The average Bonchev–Trinajstić information content (AvgIpc) is 3.47. The number of aryl methyl sites for hydroxylation is 1. The Morgan fingerprint density at radius 1 is 1.10 bits per heavy atom. The van der Waals surface area contributed by atoms with E-state index in [0.29, 0.717) is 0 Å². The first-order valence-corrected chi connectivity index (χ1v) is 9.36. The topological polar surface area (TPSA) is 67.2 Å². The second kappa shape index (κ2) is 6.67. The van der Waals surface area contributed by atoms with Crippen molar-refractivity contribution in [1.29, 1.82) is 0 Å². The zero-order valence-electron chi connectivity index (χ0n) is 16.2. The Kier molecular flexibility index (Phi) is 3.98. The number of methoxy groups -OCH3 is 1. The predicted octanol–water partition coefficient (Wildman–Crippen LogP) is 4.96. The van der Waals surface area contributed by atoms with E-state index in [9.17, 15) is 0 Å². The number of fused-ring (bicyclic) bond motifs is 1. The molecule has 1 N–H and O–H groups in total. The molecule has 5 rings (SSSR count). The van der Waals surface area contributed by atoms with Gasteiger partial charge in [-0.25, -0.2) is 0 Å². The number of benzene rings is 2. The normalized spacial score (nSPS) is 15.6. The van der Waals surface area contributed by atoms with E-state index in [0.717, 1.165) is 50.9 Å². The molecule has 2 aromatic carbocycles. The van der Waals surface area contributed by atoms with Crippen LogP contribution in [0.4, 0.5) is 5.69 Å². The van der Waals surface area contributed by atoms with Crippen molar-refractivity contribution in [3.63, 3.8) is 0 Å². The molecule has 1 aliphatic heterocycles. The molecule has 3 heterocycles. The highest BCUT2D eigenvalue weighted by molar-refractivity contribution is 5.86. The largest absolute Gasteiger partial charge is 0.496 e. The van der Waals surface area contributed by atoms with E-state index in [-0.39, 0.29) is 6.04 Å². The number of nitrogens with zero attached hydrogens (tertiary/aromatic N) is 3. The Morgan fingerprint density at radius 3 is 2.62 bits per heavy atom. The third-order valence-corrected chi connectivity index (χ3v) is 5.40. The zero-order valence-corrected chi connectivity index (χ0v) is 16.2. The van der Waals surface area contributed by atoms with Crippen molar-refractivity contribution < 1.29 is 9.26 Å². The number of aromatic amines is 1. The van der Waals surface area contributed by atoms with Crippen molar-refractivity contribution in [3.8, 4) is 17.0 Å². The molecular formula is C23H20N4O2. The summed E-state index contributed by atoms with van der Waals surface area (Å²) in [7, 11) is 1.70. The number of nitrogens with one attached hydrogen (secondary N) is 1. The monoisotopic (exact) mass is 384 g/mol. The minimum Gasteiger partial charge on any atom is -0.496 e. The summed E-state index contributed by atoms with van der Waals surface area (Å²) in [5.74, 6) is 0.836. The summed E-state index contributed by atoms with van der Waals surface area (Å²) in [5.41, 5.74) is 7.79. The molecular weight excluding hydrogens is 364 g/mol. The van der Waals surface area contributed by atoms with Crippen molar-refractivity contribution in [2.45, 2.75) is 13.0 Å². The van der Waals surface area contributed by atoms with Crippen molar-refractivity contribution >= 4 is 11.4 Å². The number of aromatic nitrogens is 3. The first kappa shape index (κ1) is 17.3. The van der Waals surface area contributed by atoms with Gasteiger partial charge in [-0.3, -0.25) is 5.10 Å². The lowest BCUT2D eigenvalue weighted by Gasteiger charge is -2.29. The van der Waals surface area contributed by atoms with E-state index < -0.39 is 0 Å². The second-order valence-corrected chi connectivity index (χ2v) is 7.00. The second-order valence-electron chi connectivity index (χ2n) is 7.00. The highest BCUT2D eigenvalue weighted by Gasteiger charge is 2.39. The molecule has 2 aromatic heterocycles. The molecule has 0 radical (unpaired) electrons. The highest BCUT2D eigenvalue weighted by Crippen LogP contribution is 2.49. The third-order valence-electron chi connectivity index (χ3n) is 5.40. The Morgan fingerprint density at radius 2 is 1.90 bits per heavy atom. The van der Waals surface area contributed by atoms with Crippen LogP contribution in [-0.2, 0) is 0 Å². The molecule has 144 valence electrons. The van der Waals surface area contributed by atoms with Crippen LogP contribution in [0.2, 0.25) is 0 Å². The number of hydrogen-bond donors (Lipinski definition) is 1. The van der Waals surface area contributed by atoms with E-state index in [1.54, 1.807) is 13.4 Å². The van der Waals surface area contributed by atoms with Crippen LogP contribution in [0.3, 0.4) is 0 Å². The van der Waals surface area contributed by atoms with Gasteiger partial charge in [0, 0.05) is 34.1 Å². The maximum absolute atomic E-state index is 5.67. The van der Waals surface area contributed by atoms with Gasteiger partial charge < -0.3 is 14.2 Å². The van der Waals surface area contributed by atoms with Gasteiger partial charge in [-0.1, -0.05) is 42.1 Å². The highest BCUT2D eigenvalue weighted by atomic mass is 16.5. The molecule has 1 aliphatic rings. The lowest BCUT2D eigenvalue weighted by Crippen LogP contribution is -2.22. The summed E-state index contributed by atoms with van der Waals surface area (Å²) in [6.45, 7) is 6.39. The summed E-state index contributed by atoms with van der Waals surface area (Å²) in [6, 6.07) is 18.1. The standard InChI is InChI=1S/C23H20N4O2/c1-14-21-22(25-24-14)15(2)27(23(21)18-6-4-5-7-20(18)28-3)17-10-8-16(9-11-17)19-12-13-29-26-19/h4-13,23H,2H2,1,3H3,(H,24,25). The lowest BCUT2D eigenvalue weighted by molar-refractivity contribution is 0.408. The van der Waals surface area contributed by atoms with E-state index in [1.807, 2.05) is 43.3 Å². The SMILES string of the molecule is C=C1c2n[nH]c(C)c2C(c2ccccc2OC)N1c1ccc(-c2ccon2)cc1. The van der Waals surface area contributed by atoms with E-state index in [2.05, 4.69) is 45.0 Å². The Balaban J connectivity index is 1.64. The first-order chi connectivity index (χ1) is 14.2. The Bertz CT molecular complexity index is 1180. The van der Waals surface area contributed by atoms with Crippen LogP contribution in [-0.4, -0.2) is 22.5 Å². The van der Waals surface area contributed by atoms with Gasteiger partial charge in [0.15, 0.2) is 0 Å². The van der Waals surface area contributed by atoms with Gasteiger partial charge in [0.1, 0.15) is 23.4 Å². The van der Waals surface area contributed by atoms with Gasteiger partial charge >= 0.3 is 0 Å². The third kappa shape index (κ3) is 2.64. The maximum Gasteiger partial charge on any atom is 0.124 e. The number of ether oxygens (including phenoxy) is 1. The maximum atomic E-state index is 5.67. The molecule has 0 saturated heterocycles. The smallest absolute Gasteiger partial charge is 0.124 e. The Hall–Kier alpha value is -3.80. The van der Waals surface area contributed by atoms with Crippen LogP contribution in [0.15, 0.2) is 72.0 Å². The lowest BCUT2D eigenvalue weighted by atomic mass is 9.98. The minimum atomic E-state index is -0.0784. The van der Waals surface area contributed by atoms with Crippen LogP contribution in [0.1, 0.15) is 28.6 Å². The summed E-state index contributed by atoms with van der Waals surface area (Å²) < 4.78 is 10.6. The van der Waals surface area contributed by atoms with Crippen molar-refractivity contribution in [2.75, 3.05) is 12.0 Å². The molecule has 0 saturated carbocycles. The van der Waals surface area contributed by atoms with Gasteiger partial charge in [0.25, 0.3) is 0 Å². The van der Waals surface area contributed by atoms with Crippen molar-refractivity contribution in [2.24, 2.45) is 0 Å². The van der Waals surface area contributed by atoms with Crippen LogP contribution in [0.5, 0.6) is 5.75 Å². The van der Waals surface area contributed by atoms with Gasteiger partial charge in [0.2, 0.25) is 0 Å². The molecule has 1 atom stereocenters. The van der Waals surface area contributed by atoms with Crippen molar-refractivity contribution in [1.82, 2.24) is 15.4 Å². The fourth-order valence-corrected chi connectivity index (χ4v) is 4.04. The summed E-state index contributed by atoms with van der Waals surface area (Å²) in [4.78, 5) is 2.21. The van der Waals surface area contributed by atoms with E-state index >= 15 is 0 Å². The average molecular weight is 384 g/mol. The van der Waals surface area contributed by atoms with Gasteiger partial charge in [-0.15, -0.1) is 0 Å². The summed E-state index contributed by atoms with van der Waals surface area (Å²) in [5, 5.41) is 11.6.